The molecule has 0 aliphatic carbocycles. The molecule has 148 valence electrons. The minimum Gasteiger partial charge on any atom is -0.377 e. The molecule has 1 aliphatic rings. The van der Waals surface area contributed by atoms with Gasteiger partial charge < -0.3 is 4.81 Å². The van der Waals surface area contributed by atoms with E-state index in [9.17, 15) is 0 Å². The highest BCUT2D eigenvalue weighted by Crippen LogP contribution is 2.32. The highest BCUT2D eigenvalue weighted by molar-refractivity contribution is 6.83. The first-order valence-electron chi connectivity index (χ1n) is 10.8. The molecule has 2 heteroatoms. The fourth-order valence-electron chi connectivity index (χ4n) is 4.32. The lowest BCUT2D eigenvalue weighted by molar-refractivity contribution is 1.37. The summed E-state index contributed by atoms with van der Waals surface area (Å²) in [5.41, 5.74) is 8.72. The molecule has 0 spiro atoms. The summed E-state index contributed by atoms with van der Waals surface area (Å²) in [7, 11) is 0. The lowest BCUT2D eigenvalue weighted by Gasteiger charge is -2.35. The average Bonchev–Trinajstić information content (AvgIpc) is 2.85. The van der Waals surface area contributed by atoms with Crippen molar-refractivity contribution in [3.05, 3.63) is 138 Å². The molecule has 0 saturated carbocycles. The average molecular weight is 397 g/mol. The van der Waals surface area contributed by atoms with E-state index in [4.69, 9.17) is 0 Å². The lowest BCUT2D eigenvalue weighted by atomic mass is 9.51. The number of benzene rings is 4. The maximum Gasteiger partial charge on any atom is 0.320 e. The van der Waals surface area contributed by atoms with Crippen LogP contribution in [0.1, 0.15) is 11.1 Å². The Kier molecular flexibility index (Phi) is 5.29. The predicted molar refractivity (Wildman–Crippen MR) is 134 cm³/mol. The van der Waals surface area contributed by atoms with E-state index in [1.165, 1.54) is 39.1 Å². The van der Waals surface area contributed by atoms with Crippen molar-refractivity contribution in [3.8, 4) is 11.1 Å². The molecule has 0 atom stereocenters. The van der Waals surface area contributed by atoms with E-state index in [2.05, 4.69) is 139 Å². The van der Waals surface area contributed by atoms with Crippen LogP contribution in [-0.4, -0.2) is 6.85 Å². The molecule has 31 heavy (non-hydrogen) atoms. The molecule has 0 amide bonds. The number of allylic oxidation sites excluding steroid dienone is 2. The summed E-state index contributed by atoms with van der Waals surface area (Å²) in [6.07, 6.45) is 4.41. The molecule has 1 heterocycles. The van der Waals surface area contributed by atoms with Crippen molar-refractivity contribution in [3.63, 3.8) is 0 Å². The predicted octanol–water partition coefficient (Wildman–Crippen LogP) is 6.52. The van der Waals surface area contributed by atoms with Crippen LogP contribution in [0.3, 0.4) is 0 Å². The molecular weight excluding hydrogens is 373 g/mol. The zero-order chi connectivity index (χ0) is 21.0. The van der Waals surface area contributed by atoms with E-state index in [1.807, 2.05) is 0 Å². The minimum atomic E-state index is 0.143. The first kappa shape index (κ1) is 19.2. The molecule has 1 aliphatic heterocycles. The van der Waals surface area contributed by atoms with Gasteiger partial charge in [0.2, 0.25) is 0 Å². The zero-order valence-electron chi connectivity index (χ0n) is 17.6. The van der Waals surface area contributed by atoms with E-state index < -0.39 is 0 Å². The number of hydrogen-bond acceptors (Lipinski definition) is 1. The van der Waals surface area contributed by atoms with Crippen LogP contribution in [-0.2, 0) is 0 Å². The topological polar surface area (TPSA) is 3.24 Å². The summed E-state index contributed by atoms with van der Waals surface area (Å²) in [6, 6.07) is 38.8. The molecule has 1 nitrogen and oxygen atoms in total. The van der Waals surface area contributed by atoms with Crippen molar-refractivity contribution < 1.29 is 0 Å². The summed E-state index contributed by atoms with van der Waals surface area (Å²) in [5, 5.41) is 0. The van der Waals surface area contributed by atoms with Gasteiger partial charge in [-0.15, -0.1) is 0 Å². The first-order valence-corrected chi connectivity index (χ1v) is 10.8. The van der Waals surface area contributed by atoms with Crippen LogP contribution in [0, 0.1) is 6.92 Å². The van der Waals surface area contributed by atoms with Gasteiger partial charge in [-0.25, -0.2) is 0 Å². The Hall–Kier alpha value is -3.78. The number of hydrogen-bond donors (Lipinski definition) is 0. The number of aryl methyl sites for hydroxylation is 1. The van der Waals surface area contributed by atoms with Crippen LogP contribution < -0.4 is 10.3 Å². The van der Waals surface area contributed by atoms with Gasteiger partial charge >= 0.3 is 6.85 Å². The molecule has 0 saturated heterocycles. The van der Waals surface area contributed by atoms with Crippen molar-refractivity contribution >= 4 is 23.7 Å². The minimum absolute atomic E-state index is 0.143. The second kappa shape index (κ2) is 8.53. The first-order chi connectivity index (χ1) is 15.3. The van der Waals surface area contributed by atoms with Gasteiger partial charge in [0, 0.05) is 11.4 Å². The maximum atomic E-state index is 2.45. The third kappa shape index (κ3) is 3.85. The van der Waals surface area contributed by atoms with Crippen LogP contribution in [0.5, 0.6) is 0 Å². The van der Waals surface area contributed by atoms with Crippen molar-refractivity contribution in [2.75, 3.05) is 4.81 Å². The van der Waals surface area contributed by atoms with Gasteiger partial charge in [0.25, 0.3) is 0 Å². The smallest absolute Gasteiger partial charge is 0.320 e. The van der Waals surface area contributed by atoms with Gasteiger partial charge in [0.1, 0.15) is 0 Å². The monoisotopic (exact) mass is 397 g/mol. The standard InChI is InChI=1S/C29H24BN/c1-23-11-8-9-16-28(23)30-22-10-17-29(26-14-6-3-7-15-26)31(30)27-20-18-25(19-21-27)24-12-4-2-5-13-24/h2-22H,1H3. The van der Waals surface area contributed by atoms with Crippen molar-refractivity contribution in [1.82, 2.24) is 0 Å². The summed E-state index contributed by atoms with van der Waals surface area (Å²) >= 11 is 0. The maximum absolute atomic E-state index is 2.45. The molecule has 4 aromatic rings. The van der Waals surface area contributed by atoms with E-state index in [0.29, 0.717) is 0 Å². The summed E-state index contributed by atoms with van der Waals surface area (Å²) in [6.45, 7) is 2.34. The molecule has 0 radical (unpaired) electrons. The molecule has 0 bridgehead atoms. The highest BCUT2D eigenvalue weighted by Gasteiger charge is 2.30. The third-order valence-corrected chi connectivity index (χ3v) is 5.91. The zero-order valence-corrected chi connectivity index (χ0v) is 17.6. The van der Waals surface area contributed by atoms with Crippen LogP contribution in [0.15, 0.2) is 127 Å². The van der Waals surface area contributed by atoms with Crippen LogP contribution in [0.2, 0.25) is 0 Å². The van der Waals surface area contributed by atoms with Crippen LogP contribution in [0.25, 0.3) is 16.8 Å². The van der Waals surface area contributed by atoms with Gasteiger partial charge in [-0.3, -0.25) is 0 Å². The normalized spacial score (nSPS) is 13.3. The van der Waals surface area contributed by atoms with E-state index in [1.54, 1.807) is 0 Å². The molecule has 0 unspecified atom stereocenters. The number of rotatable bonds is 4. The molecule has 0 fully saturated rings. The van der Waals surface area contributed by atoms with Gasteiger partial charge in [-0.2, -0.15) is 0 Å². The molecule has 0 N–H and O–H groups in total. The Morgan fingerprint density at radius 3 is 1.84 bits per heavy atom. The van der Waals surface area contributed by atoms with Gasteiger partial charge in [-0.1, -0.05) is 115 Å². The Morgan fingerprint density at radius 1 is 0.581 bits per heavy atom. The second-order valence-electron chi connectivity index (χ2n) is 7.89. The van der Waals surface area contributed by atoms with Crippen molar-refractivity contribution in [2.45, 2.75) is 6.92 Å². The quantitative estimate of drug-likeness (QED) is 0.355. The third-order valence-electron chi connectivity index (χ3n) is 5.91. The number of anilines is 1. The fraction of sp³-hybridized carbons (Fsp3) is 0.0345. The molecular formula is C29H24BN. The van der Waals surface area contributed by atoms with E-state index in [0.717, 1.165) is 0 Å². The molecule has 4 aromatic carbocycles. The van der Waals surface area contributed by atoms with Crippen molar-refractivity contribution in [2.24, 2.45) is 0 Å². The van der Waals surface area contributed by atoms with E-state index in [-0.39, 0.29) is 6.85 Å². The Bertz CT molecular complexity index is 1220. The Labute approximate surface area is 185 Å². The number of nitrogens with zero attached hydrogens (tertiary/aromatic N) is 1. The SMILES string of the molecule is Cc1ccccc1B1C=CC=C(c2ccccc2)N1c1ccc(-c2ccccc2)cc1. The second-order valence-corrected chi connectivity index (χ2v) is 7.89. The largest absolute Gasteiger partial charge is 0.377 e. The molecule has 5 rings (SSSR count). The fourth-order valence-corrected chi connectivity index (χ4v) is 4.32. The molecule has 0 aromatic heterocycles. The van der Waals surface area contributed by atoms with Crippen LogP contribution >= 0.6 is 0 Å². The summed E-state index contributed by atoms with van der Waals surface area (Å²) < 4.78 is 0. The summed E-state index contributed by atoms with van der Waals surface area (Å²) in [4.78, 5) is 2.45. The van der Waals surface area contributed by atoms with Crippen LogP contribution in [0.4, 0.5) is 5.69 Å². The van der Waals surface area contributed by atoms with Crippen molar-refractivity contribution in [1.29, 1.82) is 0 Å². The lowest BCUT2D eigenvalue weighted by Crippen LogP contribution is -2.48. The van der Waals surface area contributed by atoms with Gasteiger partial charge in [0.05, 0.1) is 0 Å². The highest BCUT2D eigenvalue weighted by atomic mass is 15.1. The summed E-state index contributed by atoms with van der Waals surface area (Å²) in [5.74, 6) is 2.29. The van der Waals surface area contributed by atoms with Gasteiger partial charge in [-0.05, 0) is 47.3 Å². The van der Waals surface area contributed by atoms with Gasteiger partial charge in [0.15, 0.2) is 0 Å². The Morgan fingerprint density at radius 2 is 1.16 bits per heavy atom. The van der Waals surface area contributed by atoms with E-state index >= 15 is 0 Å². The Balaban J connectivity index is 1.60.